The molecule has 1 aromatic rings. The highest BCUT2D eigenvalue weighted by atomic mass is 28.4. The molecule has 4 heteroatoms. The second kappa shape index (κ2) is 7.01. The first kappa shape index (κ1) is 19.2. The Morgan fingerprint density at radius 2 is 1.92 bits per heavy atom. The largest absolute Gasteiger partial charge is 0.469 e. The van der Waals surface area contributed by atoms with Crippen molar-refractivity contribution in [2.24, 2.45) is 0 Å². The standard InChI is InChI=1S/C20H32O3Si/c1-14-11-17(13-20(2,3)24(5,6)22)18(15-7-8-15)12-16(14)9-10-19(21)23-4/h11-12,15,22H,7-10,13H2,1-6H3. The Morgan fingerprint density at radius 3 is 2.42 bits per heavy atom. The van der Waals surface area contributed by atoms with E-state index in [0.29, 0.717) is 12.3 Å². The monoisotopic (exact) mass is 348 g/mol. The van der Waals surface area contributed by atoms with Crippen LogP contribution in [0.15, 0.2) is 12.1 Å². The van der Waals surface area contributed by atoms with Gasteiger partial charge in [-0.05, 0) is 78.9 Å². The molecule has 0 spiro atoms. The number of rotatable bonds is 7. The molecule has 0 heterocycles. The Labute approximate surface area is 147 Å². The Balaban J connectivity index is 2.29. The first-order valence-corrected chi connectivity index (χ1v) is 11.9. The van der Waals surface area contributed by atoms with Crippen molar-refractivity contribution < 1.29 is 14.3 Å². The molecule has 1 aliphatic rings. The van der Waals surface area contributed by atoms with Crippen molar-refractivity contribution in [3.05, 3.63) is 34.4 Å². The fourth-order valence-electron chi connectivity index (χ4n) is 3.06. The summed E-state index contributed by atoms with van der Waals surface area (Å²) in [5.41, 5.74) is 5.32. The molecular weight excluding hydrogens is 316 g/mol. The molecule has 1 N–H and O–H groups in total. The zero-order valence-corrected chi connectivity index (χ0v) is 17.0. The number of esters is 1. The van der Waals surface area contributed by atoms with Gasteiger partial charge in [0, 0.05) is 6.42 Å². The van der Waals surface area contributed by atoms with Gasteiger partial charge in [0.2, 0.25) is 0 Å². The fraction of sp³-hybridized carbons (Fsp3) is 0.650. The quantitative estimate of drug-likeness (QED) is 0.583. The zero-order chi connectivity index (χ0) is 18.1. The predicted molar refractivity (Wildman–Crippen MR) is 101 cm³/mol. The first-order chi connectivity index (χ1) is 11.0. The van der Waals surface area contributed by atoms with Crippen molar-refractivity contribution in [3.63, 3.8) is 0 Å². The summed E-state index contributed by atoms with van der Waals surface area (Å²) >= 11 is 0. The van der Waals surface area contributed by atoms with Gasteiger partial charge in [0.05, 0.1) is 7.11 Å². The molecule has 2 rings (SSSR count). The van der Waals surface area contributed by atoms with Crippen LogP contribution in [0.1, 0.15) is 61.3 Å². The average molecular weight is 349 g/mol. The van der Waals surface area contributed by atoms with Gasteiger partial charge in [-0.25, -0.2) is 0 Å². The maximum atomic E-state index is 11.4. The van der Waals surface area contributed by atoms with E-state index in [0.717, 1.165) is 12.8 Å². The van der Waals surface area contributed by atoms with Gasteiger partial charge in [-0.1, -0.05) is 26.0 Å². The minimum Gasteiger partial charge on any atom is -0.469 e. The van der Waals surface area contributed by atoms with Gasteiger partial charge < -0.3 is 9.53 Å². The summed E-state index contributed by atoms with van der Waals surface area (Å²) in [5, 5.41) is -0.0589. The number of carbonyl (C=O) groups is 1. The number of hydrogen-bond acceptors (Lipinski definition) is 3. The van der Waals surface area contributed by atoms with E-state index in [4.69, 9.17) is 4.74 Å². The zero-order valence-electron chi connectivity index (χ0n) is 16.0. The van der Waals surface area contributed by atoms with Crippen LogP contribution >= 0.6 is 0 Å². The van der Waals surface area contributed by atoms with Crippen molar-refractivity contribution in [3.8, 4) is 0 Å². The molecule has 1 saturated carbocycles. The lowest BCUT2D eigenvalue weighted by molar-refractivity contribution is -0.140. The Kier molecular flexibility index (Phi) is 5.60. The number of hydrogen-bond donors (Lipinski definition) is 1. The molecule has 24 heavy (non-hydrogen) atoms. The number of ether oxygens (including phenoxy) is 1. The average Bonchev–Trinajstić information content (AvgIpc) is 3.29. The summed E-state index contributed by atoms with van der Waals surface area (Å²) in [6.07, 6.45) is 4.61. The number of carbonyl (C=O) groups excluding carboxylic acids is 1. The number of benzene rings is 1. The van der Waals surface area contributed by atoms with Gasteiger partial charge in [-0.3, -0.25) is 4.79 Å². The lowest BCUT2D eigenvalue weighted by Crippen LogP contribution is -2.40. The van der Waals surface area contributed by atoms with Gasteiger partial charge in [0.15, 0.2) is 8.32 Å². The van der Waals surface area contributed by atoms with Crippen LogP contribution in [0.2, 0.25) is 18.1 Å². The molecule has 1 aliphatic carbocycles. The van der Waals surface area contributed by atoms with Gasteiger partial charge in [0.1, 0.15) is 0 Å². The lowest BCUT2D eigenvalue weighted by Gasteiger charge is -2.36. The van der Waals surface area contributed by atoms with E-state index in [9.17, 15) is 9.59 Å². The van der Waals surface area contributed by atoms with Crippen molar-refractivity contribution in [1.82, 2.24) is 0 Å². The van der Waals surface area contributed by atoms with Crippen LogP contribution in [0, 0.1) is 6.92 Å². The molecule has 0 bridgehead atoms. The second-order valence-electron chi connectivity index (χ2n) is 8.45. The summed E-state index contributed by atoms with van der Waals surface area (Å²) in [6, 6.07) is 4.61. The lowest BCUT2D eigenvalue weighted by atomic mass is 9.89. The highest BCUT2D eigenvalue weighted by Crippen LogP contribution is 2.46. The van der Waals surface area contributed by atoms with Gasteiger partial charge in [0.25, 0.3) is 0 Å². The van der Waals surface area contributed by atoms with Crippen LogP contribution in [-0.4, -0.2) is 26.2 Å². The van der Waals surface area contributed by atoms with Gasteiger partial charge in [-0.15, -0.1) is 0 Å². The summed E-state index contributed by atoms with van der Waals surface area (Å²) in [5.74, 6) is 0.511. The van der Waals surface area contributed by atoms with Gasteiger partial charge in [-0.2, -0.15) is 0 Å². The van der Waals surface area contributed by atoms with Gasteiger partial charge >= 0.3 is 5.97 Å². The van der Waals surface area contributed by atoms with Crippen molar-refractivity contribution in [2.45, 2.75) is 76.9 Å². The molecule has 1 fully saturated rings. The van der Waals surface area contributed by atoms with Crippen LogP contribution in [-0.2, 0) is 22.4 Å². The molecule has 134 valence electrons. The summed E-state index contributed by atoms with van der Waals surface area (Å²) in [6.45, 7) is 10.6. The van der Waals surface area contributed by atoms with Crippen molar-refractivity contribution in [2.75, 3.05) is 7.11 Å². The van der Waals surface area contributed by atoms with Crippen LogP contribution < -0.4 is 0 Å². The SMILES string of the molecule is COC(=O)CCc1cc(C2CC2)c(CC(C)(C)[Si](C)(C)O)cc1C. The summed E-state index contributed by atoms with van der Waals surface area (Å²) in [4.78, 5) is 22.1. The van der Waals surface area contributed by atoms with E-state index < -0.39 is 8.32 Å². The smallest absolute Gasteiger partial charge is 0.305 e. The second-order valence-corrected chi connectivity index (χ2v) is 12.9. The molecule has 3 nitrogen and oxygen atoms in total. The van der Waals surface area contributed by atoms with Crippen LogP contribution in [0.5, 0.6) is 0 Å². The Bertz CT molecular complexity index is 610. The van der Waals surface area contributed by atoms with Crippen molar-refractivity contribution >= 4 is 14.3 Å². The van der Waals surface area contributed by atoms with Crippen LogP contribution in [0.4, 0.5) is 0 Å². The minimum absolute atomic E-state index is 0.0589. The molecule has 0 aliphatic heterocycles. The third kappa shape index (κ3) is 4.48. The van der Waals surface area contributed by atoms with E-state index >= 15 is 0 Å². The summed E-state index contributed by atoms with van der Waals surface area (Å²) < 4.78 is 4.77. The Hall–Kier alpha value is -1.13. The van der Waals surface area contributed by atoms with E-state index in [1.54, 1.807) is 0 Å². The molecular formula is C20H32O3Si. The topological polar surface area (TPSA) is 46.5 Å². The van der Waals surface area contributed by atoms with E-state index in [1.807, 2.05) is 13.1 Å². The predicted octanol–water partition coefficient (Wildman–Crippen LogP) is 4.50. The maximum absolute atomic E-state index is 11.4. The first-order valence-electron chi connectivity index (χ1n) is 8.96. The molecule has 0 unspecified atom stereocenters. The summed E-state index contributed by atoms with van der Waals surface area (Å²) in [7, 11) is -0.791. The van der Waals surface area contributed by atoms with E-state index in [1.165, 1.54) is 42.2 Å². The molecule has 0 atom stereocenters. The van der Waals surface area contributed by atoms with Crippen LogP contribution in [0.3, 0.4) is 0 Å². The van der Waals surface area contributed by atoms with E-state index in [2.05, 4.69) is 32.9 Å². The number of methoxy groups -OCH3 is 1. The Morgan fingerprint density at radius 1 is 1.29 bits per heavy atom. The molecule has 0 aromatic heterocycles. The maximum Gasteiger partial charge on any atom is 0.305 e. The van der Waals surface area contributed by atoms with Crippen LogP contribution in [0.25, 0.3) is 0 Å². The third-order valence-corrected chi connectivity index (χ3v) is 9.22. The molecule has 0 radical (unpaired) electrons. The normalized spacial score (nSPS) is 15.5. The highest BCUT2D eigenvalue weighted by molar-refractivity contribution is 6.72. The molecule has 1 aromatic carbocycles. The molecule has 0 saturated heterocycles. The fourth-order valence-corrected chi connectivity index (χ4v) is 3.68. The third-order valence-electron chi connectivity index (χ3n) is 5.73. The van der Waals surface area contributed by atoms with Crippen molar-refractivity contribution in [1.29, 1.82) is 0 Å². The number of aryl methyl sites for hydroxylation is 2. The highest BCUT2D eigenvalue weighted by Gasteiger charge is 2.39. The molecule has 0 amide bonds. The minimum atomic E-state index is -2.23. The van der Waals surface area contributed by atoms with E-state index in [-0.39, 0.29) is 11.0 Å².